The highest BCUT2D eigenvalue weighted by Crippen LogP contribution is 2.26. The Hall–Kier alpha value is -1.02. The van der Waals surface area contributed by atoms with Gasteiger partial charge in [0.05, 0.1) is 6.10 Å². The first kappa shape index (κ1) is 11.5. The summed E-state index contributed by atoms with van der Waals surface area (Å²) in [6, 6.07) is 6.17. The van der Waals surface area contributed by atoms with Crippen LogP contribution in [0.5, 0.6) is 5.75 Å². The van der Waals surface area contributed by atoms with Gasteiger partial charge >= 0.3 is 0 Å². The van der Waals surface area contributed by atoms with Crippen LogP contribution in [0.3, 0.4) is 0 Å². The average molecular weight is 220 g/mol. The first-order valence-corrected chi connectivity index (χ1v) is 6.09. The van der Waals surface area contributed by atoms with Crippen LogP contribution in [0, 0.1) is 13.8 Å². The predicted molar refractivity (Wildman–Crippen MR) is 64.8 cm³/mol. The molecule has 1 aliphatic rings. The second kappa shape index (κ2) is 4.88. The quantitative estimate of drug-likeness (QED) is 0.830. The molecule has 1 fully saturated rings. The van der Waals surface area contributed by atoms with Gasteiger partial charge in [0, 0.05) is 0 Å². The van der Waals surface area contributed by atoms with Crippen LogP contribution in [0.25, 0.3) is 0 Å². The molecule has 0 saturated heterocycles. The van der Waals surface area contributed by atoms with Crippen LogP contribution in [0.1, 0.15) is 36.8 Å². The first-order chi connectivity index (χ1) is 7.66. The average Bonchev–Trinajstić information content (AvgIpc) is 2.25. The van der Waals surface area contributed by atoms with E-state index in [2.05, 4.69) is 26.0 Å². The number of hydrogen-bond donors (Lipinski definition) is 1. The highest BCUT2D eigenvalue weighted by Gasteiger charge is 2.24. The van der Waals surface area contributed by atoms with Crippen LogP contribution in [-0.4, -0.2) is 17.3 Å². The van der Waals surface area contributed by atoms with Gasteiger partial charge in [0.1, 0.15) is 11.9 Å². The molecule has 0 spiro atoms. The molecule has 0 heterocycles. The fourth-order valence-electron chi connectivity index (χ4n) is 2.31. The summed E-state index contributed by atoms with van der Waals surface area (Å²) in [4.78, 5) is 0. The molecule has 88 valence electrons. The van der Waals surface area contributed by atoms with Crippen molar-refractivity contribution in [1.29, 1.82) is 0 Å². The van der Waals surface area contributed by atoms with E-state index < -0.39 is 0 Å². The molecular formula is C14H20O2. The van der Waals surface area contributed by atoms with E-state index in [-0.39, 0.29) is 12.2 Å². The van der Waals surface area contributed by atoms with Crippen LogP contribution < -0.4 is 4.74 Å². The van der Waals surface area contributed by atoms with Gasteiger partial charge in [0.15, 0.2) is 0 Å². The molecule has 2 atom stereocenters. The maximum absolute atomic E-state index is 9.85. The Morgan fingerprint density at radius 3 is 2.62 bits per heavy atom. The number of aliphatic hydroxyl groups excluding tert-OH is 1. The SMILES string of the molecule is Cc1ccc(O[C@@H]2CCCC[C@H]2O)c(C)c1. The largest absolute Gasteiger partial charge is 0.487 e. The molecule has 2 nitrogen and oxygen atoms in total. The zero-order valence-corrected chi connectivity index (χ0v) is 10.1. The lowest BCUT2D eigenvalue weighted by Crippen LogP contribution is -2.34. The summed E-state index contributed by atoms with van der Waals surface area (Å²) in [5.41, 5.74) is 2.40. The van der Waals surface area contributed by atoms with E-state index in [1.54, 1.807) is 0 Å². The smallest absolute Gasteiger partial charge is 0.124 e. The molecule has 0 aromatic heterocycles. The summed E-state index contributed by atoms with van der Waals surface area (Å²) < 4.78 is 5.90. The Morgan fingerprint density at radius 1 is 1.19 bits per heavy atom. The van der Waals surface area contributed by atoms with Crippen molar-refractivity contribution >= 4 is 0 Å². The minimum absolute atomic E-state index is 0.0184. The molecule has 0 radical (unpaired) electrons. The van der Waals surface area contributed by atoms with E-state index in [1.165, 1.54) is 5.56 Å². The van der Waals surface area contributed by atoms with Crippen molar-refractivity contribution in [3.8, 4) is 5.75 Å². The Labute approximate surface area is 97.3 Å². The van der Waals surface area contributed by atoms with Gasteiger partial charge in [-0.15, -0.1) is 0 Å². The third kappa shape index (κ3) is 2.56. The van der Waals surface area contributed by atoms with Crippen LogP contribution in [0.15, 0.2) is 18.2 Å². The standard InChI is InChI=1S/C14H20O2/c1-10-7-8-13(11(2)9-10)16-14-6-4-3-5-12(14)15/h7-9,12,14-15H,3-6H2,1-2H3/t12-,14-/m1/s1. The molecule has 2 rings (SSSR count). The topological polar surface area (TPSA) is 29.5 Å². The molecule has 1 N–H and O–H groups in total. The molecular weight excluding hydrogens is 200 g/mol. The van der Waals surface area contributed by atoms with Gasteiger partial charge in [0.2, 0.25) is 0 Å². The van der Waals surface area contributed by atoms with Gasteiger partial charge in [-0.2, -0.15) is 0 Å². The number of aliphatic hydroxyl groups is 1. The molecule has 1 aromatic rings. The Balaban J connectivity index is 2.07. The number of benzene rings is 1. The third-order valence-corrected chi connectivity index (χ3v) is 3.28. The van der Waals surface area contributed by atoms with E-state index in [1.807, 2.05) is 6.07 Å². The summed E-state index contributed by atoms with van der Waals surface area (Å²) in [7, 11) is 0. The maximum atomic E-state index is 9.85. The number of aryl methyl sites for hydroxylation is 2. The van der Waals surface area contributed by atoms with E-state index in [9.17, 15) is 5.11 Å². The molecule has 0 unspecified atom stereocenters. The van der Waals surface area contributed by atoms with Gasteiger partial charge < -0.3 is 9.84 Å². The van der Waals surface area contributed by atoms with Gasteiger partial charge in [0.25, 0.3) is 0 Å². The van der Waals surface area contributed by atoms with Crippen molar-refractivity contribution in [1.82, 2.24) is 0 Å². The number of ether oxygens (including phenoxy) is 1. The molecule has 1 saturated carbocycles. The van der Waals surface area contributed by atoms with Crippen molar-refractivity contribution in [3.63, 3.8) is 0 Å². The summed E-state index contributed by atoms with van der Waals surface area (Å²) in [6.45, 7) is 4.13. The highest BCUT2D eigenvalue weighted by molar-refractivity contribution is 5.35. The van der Waals surface area contributed by atoms with Gasteiger partial charge in [-0.25, -0.2) is 0 Å². The number of hydrogen-bond acceptors (Lipinski definition) is 2. The van der Waals surface area contributed by atoms with Gasteiger partial charge in [-0.1, -0.05) is 24.1 Å². The Morgan fingerprint density at radius 2 is 1.94 bits per heavy atom. The lowest BCUT2D eigenvalue weighted by atomic mass is 9.95. The second-order valence-electron chi connectivity index (χ2n) is 4.78. The van der Waals surface area contributed by atoms with Crippen LogP contribution in [-0.2, 0) is 0 Å². The maximum Gasteiger partial charge on any atom is 0.124 e. The summed E-state index contributed by atoms with van der Waals surface area (Å²) >= 11 is 0. The second-order valence-corrected chi connectivity index (χ2v) is 4.78. The van der Waals surface area contributed by atoms with Crippen molar-refractivity contribution < 1.29 is 9.84 Å². The van der Waals surface area contributed by atoms with E-state index in [0.29, 0.717) is 0 Å². The Kier molecular flexibility index (Phi) is 3.49. The fourth-order valence-corrected chi connectivity index (χ4v) is 2.31. The van der Waals surface area contributed by atoms with Gasteiger partial charge in [-0.05, 0) is 44.7 Å². The van der Waals surface area contributed by atoms with Crippen molar-refractivity contribution in [2.75, 3.05) is 0 Å². The molecule has 2 heteroatoms. The third-order valence-electron chi connectivity index (χ3n) is 3.28. The highest BCUT2D eigenvalue weighted by atomic mass is 16.5. The molecule has 1 aliphatic carbocycles. The molecule has 16 heavy (non-hydrogen) atoms. The molecule has 0 amide bonds. The van der Waals surface area contributed by atoms with E-state index in [4.69, 9.17) is 4.74 Å². The van der Waals surface area contributed by atoms with E-state index >= 15 is 0 Å². The lowest BCUT2D eigenvalue weighted by Gasteiger charge is -2.28. The predicted octanol–water partition coefficient (Wildman–Crippen LogP) is 2.99. The lowest BCUT2D eigenvalue weighted by molar-refractivity contribution is 0.00654. The minimum Gasteiger partial charge on any atom is -0.487 e. The Bertz CT molecular complexity index is 360. The van der Waals surface area contributed by atoms with Crippen LogP contribution in [0.2, 0.25) is 0 Å². The minimum atomic E-state index is -0.297. The fraction of sp³-hybridized carbons (Fsp3) is 0.571. The van der Waals surface area contributed by atoms with Crippen molar-refractivity contribution in [2.24, 2.45) is 0 Å². The van der Waals surface area contributed by atoms with Crippen LogP contribution in [0.4, 0.5) is 0 Å². The van der Waals surface area contributed by atoms with E-state index in [0.717, 1.165) is 37.0 Å². The molecule has 0 bridgehead atoms. The van der Waals surface area contributed by atoms with Crippen molar-refractivity contribution in [3.05, 3.63) is 29.3 Å². The normalized spacial score (nSPS) is 25.4. The number of rotatable bonds is 2. The first-order valence-electron chi connectivity index (χ1n) is 6.09. The zero-order chi connectivity index (χ0) is 11.5. The monoisotopic (exact) mass is 220 g/mol. The van der Waals surface area contributed by atoms with Gasteiger partial charge in [-0.3, -0.25) is 0 Å². The zero-order valence-electron chi connectivity index (χ0n) is 10.1. The summed E-state index contributed by atoms with van der Waals surface area (Å²) in [6.07, 6.45) is 3.80. The summed E-state index contributed by atoms with van der Waals surface area (Å²) in [5.74, 6) is 0.913. The van der Waals surface area contributed by atoms with Crippen molar-refractivity contribution in [2.45, 2.75) is 51.7 Å². The summed E-state index contributed by atoms with van der Waals surface area (Å²) in [5, 5.41) is 9.85. The molecule has 1 aromatic carbocycles. The molecule has 0 aliphatic heterocycles. The van der Waals surface area contributed by atoms with Crippen LogP contribution >= 0.6 is 0 Å².